The second kappa shape index (κ2) is 10.4. The molecular formula is C21H26BrN3O3. The minimum absolute atomic E-state index is 0.0524. The molecule has 2 amide bonds. The van der Waals surface area contributed by atoms with Gasteiger partial charge in [0, 0.05) is 29.5 Å². The summed E-state index contributed by atoms with van der Waals surface area (Å²) < 4.78 is 6.52. The number of amides is 2. The van der Waals surface area contributed by atoms with Gasteiger partial charge >= 0.3 is 0 Å². The van der Waals surface area contributed by atoms with Gasteiger partial charge in [-0.1, -0.05) is 22.4 Å². The van der Waals surface area contributed by atoms with Crippen LogP contribution in [-0.2, 0) is 4.79 Å². The van der Waals surface area contributed by atoms with Gasteiger partial charge in [-0.2, -0.15) is 0 Å². The van der Waals surface area contributed by atoms with E-state index < -0.39 is 0 Å². The van der Waals surface area contributed by atoms with Gasteiger partial charge in [0.1, 0.15) is 5.76 Å². The second-order valence-corrected chi connectivity index (χ2v) is 7.86. The van der Waals surface area contributed by atoms with Crippen LogP contribution in [-0.4, -0.2) is 42.9 Å². The molecule has 0 aliphatic carbocycles. The third kappa shape index (κ3) is 5.94. The van der Waals surface area contributed by atoms with Crippen molar-refractivity contribution in [1.29, 1.82) is 0 Å². The first-order valence-corrected chi connectivity index (χ1v) is 10.5. The van der Waals surface area contributed by atoms with E-state index in [0.717, 1.165) is 23.3 Å². The topological polar surface area (TPSA) is 74.6 Å². The van der Waals surface area contributed by atoms with Gasteiger partial charge in [0.2, 0.25) is 5.91 Å². The molecule has 28 heavy (non-hydrogen) atoms. The van der Waals surface area contributed by atoms with Crippen LogP contribution in [0.5, 0.6) is 0 Å². The summed E-state index contributed by atoms with van der Waals surface area (Å²) in [7, 11) is 0. The molecule has 1 aromatic carbocycles. The largest absolute Gasteiger partial charge is 0.468 e. The maximum Gasteiger partial charge on any atom is 0.251 e. The van der Waals surface area contributed by atoms with E-state index in [0.29, 0.717) is 18.7 Å². The molecule has 0 spiro atoms. The number of hydrogen-bond acceptors (Lipinski definition) is 4. The molecule has 2 aromatic rings. The molecule has 150 valence electrons. The minimum atomic E-state index is -0.179. The maximum atomic E-state index is 12.2. The van der Waals surface area contributed by atoms with Crippen molar-refractivity contribution in [3.8, 4) is 0 Å². The highest BCUT2D eigenvalue weighted by molar-refractivity contribution is 9.10. The van der Waals surface area contributed by atoms with Gasteiger partial charge in [-0.15, -0.1) is 0 Å². The van der Waals surface area contributed by atoms with Crippen molar-refractivity contribution >= 4 is 27.7 Å². The van der Waals surface area contributed by atoms with Crippen LogP contribution in [0.25, 0.3) is 0 Å². The van der Waals surface area contributed by atoms with E-state index in [9.17, 15) is 9.59 Å². The Morgan fingerprint density at radius 2 is 1.82 bits per heavy atom. The van der Waals surface area contributed by atoms with Crippen LogP contribution in [0.15, 0.2) is 51.6 Å². The molecular weight excluding hydrogens is 422 g/mol. The third-order valence-corrected chi connectivity index (χ3v) is 5.47. The fraction of sp³-hybridized carbons (Fsp3) is 0.429. The van der Waals surface area contributed by atoms with Gasteiger partial charge in [0.05, 0.1) is 12.3 Å². The Balaban J connectivity index is 1.44. The van der Waals surface area contributed by atoms with E-state index >= 15 is 0 Å². The van der Waals surface area contributed by atoms with E-state index in [4.69, 9.17) is 4.42 Å². The van der Waals surface area contributed by atoms with Crippen LogP contribution in [0.2, 0.25) is 0 Å². The molecule has 1 aromatic heterocycles. The lowest BCUT2D eigenvalue weighted by molar-refractivity contribution is -0.121. The van der Waals surface area contributed by atoms with Gasteiger partial charge in [-0.05, 0) is 62.3 Å². The third-order valence-electron chi connectivity index (χ3n) is 4.94. The van der Waals surface area contributed by atoms with Crippen molar-refractivity contribution in [3.05, 3.63) is 58.5 Å². The van der Waals surface area contributed by atoms with Crippen molar-refractivity contribution < 1.29 is 14.0 Å². The molecule has 1 atom stereocenters. The number of halogens is 1. The molecule has 2 N–H and O–H groups in total. The summed E-state index contributed by atoms with van der Waals surface area (Å²) in [5, 5.41) is 5.78. The lowest BCUT2D eigenvalue weighted by Gasteiger charge is -2.33. The van der Waals surface area contributed by atoms with Crippen LogP contribution < -0.4 is 10.6 Å². The maximum absolute atomic E-state index is 12.2. The summed E-state index contributed by atoms with van der Waals surface area (Å²) in [5.41, 5.74) is 0.576. The van der Waals surface area contributed by atoms with Crippen molar-refractivity contribution in [2.75, 3.05) is 26.2 Å². The van der Waals surface area contributed by atoms with E-state index in [1.807, 2.05) is 24.3 Å². The minimum Gasteiger partial charge on any atom is -0.468 e. The zero-order valence-corrected chi connectivity index (χ0v) is 17.4. The van der Waals surface area contributed by atoms with E-state index in [2.05, 4.69) is 31.5 Å². The zero-order valence-electron chi connectivity index (χ0n) is 15.8. The predicted octanol–water partition coefficient (Wildman–Crippen LogP) is 3.51. The molecule has 1 fully saturated rings. The van der Waals surface area contributed by atoms with Crippen LogP contribution in [0.4, 0.5) is 0 Å². The van der Waals surface area contributed by atoms with Crippen LogP contribution >= 0.6 is 15.9 Å². The Labute approximate surface area is 173 Å². The standard InChI is InChI=1S/C21H26BrN3O3/c22-17-8-6-16(7-9-17)21(27)23-11-10-20(26)24-15-18(19-5-4-14-28-19)25-12-2-1-3-13-25/h4-9,14,18H,1-3,10-13,15H2,(H,23,27)(H,24,26)/t18-/m1/s1. The lowest BCUT2D eigenvalue weighted by atomic mass is 10.1. The normalized spacial score (nSPS) is 15.8. The molecule has 6 nitrogen and oxygen atoms in total. The number of nitrogens with zero attached hydrogens (tertiary/aromatic N) is 1. The van der Waals surface area contributed by atoms with E-state index in [-0.39, 0.29) is 24.3 Å². The van der Waals surface area contributed by atoms with Crippen LogP contribution in [0, 0.1) is 0 Å². The van der Waals surface area contributed by atoms with Gasteiger partial charge in [-0.3, -0.25) is 14.5 Å². The Morgan fingerprint density at radius 3 is 2.50 bits per heavy atom. The number of benzene rings is 1. The smallest absolute Gasteiger partial charge is 0.251 e. The Kier molecular flexibility index (Phi) is 7.68. The SMILES string of the molecule is O=C(CCNC(=O)c1ccc(Br)cc1)NC[C@H](c1ccco1)N1CCCCC1. The highest BCUT2D eigenvalue weighted by Gasteiger charge is 2.24. The Bertz CT molecular complexity index is 756. The second-order valence-electron chi connectivity index (χ2n) is 6.94. The molecule has 0 saturated carbocycles. The highest BCUT2D eigenvalue weighted by atomic mass is 79.9. The fourth-order valence-electron chi connectivity index (χ4n) is 3.41. The summed E-state index contributed by atoms with van der Waals surface area (Å²) in [6.45, 7) is 2.85. The lowest BCUT2D eigenvalue weighted by Crippen LogP contribution is -2.41. The molecule has 1 aliphatic heterocycles. The molecule has 7 heteroatoms. The van der Waals surface area contributed by atoms with Crippen molar-refractivity contribution in [3.63, 3.8) is 0 Å². The average Bonchev–Trinajstić information content (AvgIpc) is 3.24. The molecule has 0 radical (unpaired) electrons. The quantitative estimate of drug-likeness (QED) is 0.649. The van der Waals surface area contributed by atoms with Crippen molar-refractivity contribution in [2.24, 2.45) is 0 Å². The molecule has 0 bridgehead atoms. The molecule has 0 unspecified atom stereocenters. The summed E-state index contributed by atoms with van der Waals surface area (Å²) in [5.74, 6) is 0.623. The molecule has 1 aliphatic rings. The Morgan fingerprint density at radius 1 is 1.07 bits per heavy atom. The van der Waals surface area contributed by atoms with Gasteiger partial charge < -0.3 is 15.1 Å². The predicted molar refractivity (Wildman–Crippen MR) is 111 cm³/mol. The summed E-state index contributed by atoms with van der Waals surface area (Å²) in [6.07, 6.45) is 5.52. The number of nitrogens with one attached hydrogen (secondary N) is 2. The number of carbonyl (C=O) groups is 2. The molecule has 2 heterocycles. The van der Waals surface area contributed by atoms with Gasteiger partial charge in [0.25, 0.3) is 5.91 Å². The first kappa shape index (κ1) is 20.6. The van der Waals surface area contributed by atoms with E-state index in [1.165, 1.54) is 19.3 Å². The summed E-state index contributed by atoms with van der Waals surface area (Å²) >= 11 is 3.34. The monoisotopic (exact) mass is 447 g/mol. The van der Waals surface area contributed by atoms with Crippen LogP contribution in [0.1, 0.15) is 47.8 Å². The van der Waals surface area contributed by atoms with Crippen molar-refractivity contribution in [2.45, 2.75) is 31.7 Å². The first-order valence-electron chi connectivity index (χ1n) is 9.71. The molecule has 3 rings (SSSR count). The summed E-state index contributed by atoms with van der Waals surface area (Å²) in [6, 6.07) is 11.0. The average molecular weight is 448 g/mol. The first-order chi connectivity index (χ1) is 13.6. The number of likely N-dealkylation sites (tertiary alicyclic amines) is 1. The summed E-state index contributed by atoms with van der Waals surface area (Å²) in [4.78, 5) is 26.7. The number of hydrogen-bond donors (Lipinski definition) is 2. The van der Waals surface area contributed by atoms with E-state index in [1.54, 1.807) is 18.4 Å². The van der Waals surface area contributed by atoms with Crippen molar-refractivity contribution in [1.82, 2.24) is 15.5 Å². The number of carbonyl (C=O) groups excluding carboxylic acids is 2. The van der Waals surface area contributed by atoms with Gasteiger partial charge in [-0.25, -0.2) is 0 Å². The Hall–Kier alpha value is -2.12. The number of rotatable bonds is 8. The fourth-order valence-corrected chi connectivity index (χ4v) is 3.68. The van der Waals surface area contributed by atoms with Crippen LogP contribution in [0.3, 0.4) is 0 Å². The van der Waals surface area contributed by atoms with Gasteiger partial charge in [0.15, 0.2) is 0 Å². The molecule has 1 saturated heterocycles. The number of furan rings is 1. The highest BCUT2D eigenvalue weighted by Crippen LogP contribution is 2.24. The number of piperidine rings is 1. The zero-order chi connectivity index (χ0) is 19.8.